The Morgan fingerprint density at radius 2 is 1.09 bits per heavy atom. The number of aliphatic hydroxyl groups is 7. The molecule has 2 fully saturated rings. The third kappa shape index (κ3) is 13.5. The highest BCUT2D eigenvalue weighted by molar-refractivity contribution is 5.69. The van der Waals surface area contributed by atoms with E-state index in [0.29, 0.717) is 6.42 Å². The molecule has 0 spiro atoms. The van der Waals surface area contributed by atoms with Gasteiger partial charge in [-0.3, -0.25) is 4.79 Å². The van der Waals surface area contributed by atoms with E-state index in [0.717, 1.165) is 19.3 Å². The lowest BCUT2D eigenvalue weighted by molar-refractivity contribution is -0.383. The Morgan fingerprint density at radius 1 is 0.630 bits per heavy atom. The molecule has 2 aliphatic rings. The quantitative estimate of drug-likeness (QED) is 0.0529. The molecule has 0 aromatic rings. The summed E-state index contributed by atoms with van der Waals surface area (Å²) in [5.41, 5.74) is 0. The fraction of sp³-hybridized carbons (Fsp3) is 0.971. The second kappa shape index (κ2) is 23.4. The number of aliphatic hydroxyl groups excluding tert-OH is 7. The highest BCUT2D eigenvalue weighted by atomic mass is 16.8. The lowest BCUT2D eigenvalue weighted by atomic mass is 9.98. The Bertz CT molecular complexity index is 785. The van der Waals surface area contributed by atoms with Gasteiger partial charge in [0.15, 0.2) is 12.4 Å². The number of hydrogen-bond acceptors (Lipinski definition) is 12. The van der Waals surface area contributed by atoms with E-state index in [2.05, 4.69) is 6.92 Å². The molecule has 1 unspecified atom stereocenters. The van der Waals surface area contributed by atoms with Crippen molar-refractivity contribution in [1.29, 1.82) is 0 Å². The maximum atomic E-state index is 12.5. The van der Waals surface area contributed by atoms with E-state index in [-0.39, 0.29) is 6.42 Å². The summed E-state index contributed by atoms with van der Waals surface area (Å²) in [6.07, 6.45) is 11.2. The van der Waals surface area contributed by atoms with Crippen LogP contribution in [0.3, 0.4) is 0 Å². The zero-order chi connectivity index (χ0) is 33.8. The largest absolute Gasteiger partial charge is 0.457 e. The first-order valence-corrected chi connectivity index (χ1v) is 18.0. The van der Waals surface area contributed by atoms with E-state index in [1.54, 1.807) is 0 Å². The molecule has 0 aromatic carbocycles. The van der Waals surface area contributed by atoms with E-state index in [4.69, 9.17) is 18.9 Å². The van der Waals surface area contributed by atoms with Gasteiger partial charge in [-0.15, -0.1) is 0 Å². The third-order valence-corrected chi connectivity index (χ3v) is 9.29. The molecule has 7 N–H and O–H groups in total. The minimum absolute atomic E-state index is 0.115. The maximum Gasteiger partial charge on any atom is 0.306 e. The molecule has 0 aromatic heterocycles. The van der Waals surface area contributed by atoms with Gasteiger partial charge >= 0.3 is 5.97 Å². The second-order valence-corrected chi connectivity index (χ2v) is 13.1. The van der Waals surface area contributed by atoms with Crippen LogP contribution in [0.25, 0.3) is 0 Å². The minimum Gasteiger partial charge on any atom is -0.457 e. The summed E-state index contributed by atoms with van der Waals surface area (Å²) >= 11 is 0. The number of hydrogen-bond donors (Lipinski definition) is 7. The number of unbranched alkanes of at least 4 members (excludes halogenated alkanes) is 18. The van der Waals surface area contributed by atoms with Crippen LogP contribution < -0.4 is 0 Å². The Labute approximate surface area is 275 Å². The fourth-order valence-corrected chi connectivity index (χ4v) is 6.32. The van der Waals surface area contributed by atoms with Crippen LogP contribution in [0.5, 0.6) is 0 Å². The highest BCUT2D eigenvalue weighted by Gasteiger charge is 2.58. The molecule has 2 rings (SSSR count). The highest BCUT2D eigenvalue weighted by Crippen LogP contribution is 2.36. The Morgan fingerprint density at radius 3 is 1.50 bits per heavy atom. The topological polar surface area (TPSA) is 196 Å². The van der Waals surface area contributed by atoms with Gasteiger partial charge in [-0.05, 0) is 6.42 Å². The van der Waals surface area contributed by atoms with Crippen molar-refractivity contribution in [3.8, 4) is 0 Å². The van der Waals surface area contributed by atoms with Crippen LogP contribution >= 0.6 is 0 Å². The van der Waals surface area contributed by atoms with Crippen LogP contribution in [0.2, 0.25) is 0 Å². The van der Waals surface area contributed by atoms with Crippen LogP contribution in [0.4, 0.5) is 0 Å². The first-order valence-electron chi connectivity index (χ1n) is 18.0. The van der Waals surface area contributed by atoms with Crippen molar-refractivity contribution >= 4 is 5.97 Å². The molecular formula is C34H64O12. The maximum absolute atomic E-state index is 12.5. The summed E-state index contributed by atoms with van der Waals surface area (Å²) in [4.78, 5) is 12.5. The van der Waals surface area contributed by atoms with Gasteiger partial charge in [0.25, 0.3) is 0 Å². The molecule has 12 nitrogen and oxygen atoms in total. The van der Waals surface area contributed by atoms with Gasteiger partial charge in [-0.2, -0.15) is 0 Å². The molecule has 2 saturated heterocycles. The lowest BCUT2D eigenvalue weighted by Crippen LogP contribution is -2.63. The van der Waals surface area contributed by atoms with Crippen LogP contribution in [-0.2, 0) is 23.7 Å². The number of carbonyl (C=O) groups is 1. The standard InChI is InChI=1S/C34H64O12/c1-2-3-4-5-6-7-8-9-10-11-12-13-14-15-16-17-18-19-20-21-27(38)44-31-26(23-36)43-33(30(41)29(31)40)46-34(24-37)32(42)28(39)25(22-35)45-34/h25-26,28-33,35-37,39-42H,2-24H2,1H3/t25-,26-,28-,29-,30-,31-,32+,33?,34+/m1/s1. The zero-order valence-electron chi connectivity index (χ0n) is 28.1. The van der Waals surface area contributed by atoms with E-state index < -0.39 is 80.6 Å². The van der Waals surface area contributed by atoms with Crippen molar-refractivity contribution in [2.45, 2.75) is 190 Å². The molecule has 9 atom stereocenters. The van der Waals surface area contributed by atoms with Crippen LogP contribution in [-0.4, -0.2) is 116 Å². The zero-order valence-corrected chi connectivity index (χ0v) is 28.1. The first-order chi connectivity index (χ1) is 22.2. The molecule has 0 saturated carbocycles. The molecule has 12 heteroatoms. The predicted molar refractivity (Wildman–Crippen MR) is 171 cm³/mol. The number of esters is 1. The first kappa shape index (κ1) is 41.2. The average Bonchev–Trinajstić information content (AvgIpc) is 3.30. The minimum atomic E-state index is -2.27. The normalized spacial score (nSPS) is 31.4. The van der Waals surface area contributed by atoms with Crippen molar-refractivity contribution in [3.05, 3.63) is 0 Å². The van der Waals surface area contributed by atoms with Crippen molar-refractivity contribution < 1.29 is 59.5 Å². The van der Waals surface area contributed by atoms with Crippen molar-refractivity contribution in [2.24, 2.45) is 0 Å². The number of ether oxygens (including phenoxy) is 4. The van der Waals surface area contributed by atoms with Crippen LogP contribution in [0.1, 0.15) is 135 Å². The van der Waals surface area contributed by atoms with Crippen molar-refractivity contribution in [3.63, 3.8) is 0 Å². The molecular weight excluding hydrogens is 600 g/mol. The molecule has 0 radical (unpaired) electrons. The Kier molecular flexibility index (Phi) is 21.0. The molecule has 272 valence electrons. The number of rotatable bonds is 26. The Balaban J connectivity index is 1.55. The van der Waals surface area contributed by atoms with Gasteiger partial charge in [0.05, 0.1) is 13.2 Å². The van der Waals surface area contributed by atoms with E-state index in [1.165, 1.54) is 96.3 Å². The van der Waals surface area contributed by atoms with Gasteiger partial charge in [0.1, 0.15) is 43.2 Å². The summed E-state index contributed by atoms with van der Waals surface area (Å²) in [5.74, 6) is -2.87. The van der Waals surface area contributed by atoms with Crippen molar-refractivity contribution in [2.75, 3.05) is 19.8 Å². The predicted octanol–water partition coefficient (Wildman–Crippen LogP) is 2.98. The summed E-state index contributed by atoms with van der Waals surface area (Å²) < 4.78 is 21.6. The fourth-order valence-electron chi connectivity index (χ4n) is 6.32. The van der Waals surface area contributed by atoms with E-state index >= 15 is 0 Å². The van der Waals surface area contributed by atoms with Gasteiger partial charge in [-0.25, -0.2) is 0 Å². The smallest absolute Gasteiger partial charge is 0.306 e. The van der Waals surface area contributed by atoms with E-state index in [1.807, 2.05) is 0 Å². The van der Waals surface area contributed by atoms with Gasteiger partial charge in [0, 0.05) is 6.42 Å². The monoisotopic (exact) mass is 664 g/mol. The molecule has 0 amide bonds. The second-order valence-electron chi connectivity index (χ2n) is 13.1. The van der Waals surface area contributed by atoms with E-state index in [9.17, 15) is 40.5 Å². The van der Waals surface area contributed by atoms with Gasteiger partial charge < -0.3 is 54.7 Å². The summed E-state index contributed by atoms with van der Waals surface area (Å²) in [5, 5.41) is 70.7. The molecule has 46 heavy (non-hydrogen) atoms. The number of carbonyl (C=O) groups excluding carboxylic acids is 1. The SMILES string of the molecule is CCCCCCCCCCCCCCCCCCCCCC(=O)O[C@H]1[C@H](O)[C@@H](O)C(O[C@]2(CO)O[C@H](CO)[C@@H](O)[C@@H]2O)O[C@@H]1CO. The summed E-state index contributed by atoms with van der Waals surface area (Å²) in [6, 6.07) is 0. The molecule has 2 aliphatic heterocycles. The molecule has 2 heterocycles. The molecule has 0 bridgehead atoms. The third-order valence-electron chi connectivity index (χ3n) is 9.29. The summed E-state index contributed by atoms with van der Waals surface area (Å²) in [6.45, 7) is -0.101. The van der Waals surface area contributed by atoms with Crippen LogP contribution in [0.15, 0.2) is 0 Å². The van der Waals surface area contributed by atoms with Crippen molar-refractivity contribution in [1.82, 2.24) is 0 Å². The van der Waals surface area contributed by atoms with Gasteiger partial charge in [0.2, 0.25) is 5.79 Å². The van der Waals surface area contributed by atoms with Gasteiger partial charge in [-0.1, -0.05) is 122 Å². The lowest BCUT2D eigenvalue weighted by Gasteiger charge is -2.44. The summed E-state index contributed by atoms with van der Waals surface area (Å²) in [7, 11) is 0. The van der Waals surface area contributed by atoms with Crippen LogP contribution in [0, 0.1) is 0 Å². The Hall–Kier alpha value is -0.930. The molecule has 0 aliphatic carbocycles. The average molecular weight is 665 g/mol.